The minimum absolute atomic E-state index is 0.0336. The van der Waals surface area contributed by atoms with Crippen molar-refractivity contribution in [1.29, 1.82) is 0 Å². The summed E-state index contributed by atoms with van der Waals surface area (Å²) in [5, 5.41) is 0. The van der Waals surface area contributed by atoms with Crippen molar-refractivity contribution < 1.29 is 4.79 Å². The van der Waals surface area contributed by atoms with Crippen LogP contribution in [0.5, 0.6) is 0 Å². The van der Waals surface area contributed by atoms with Gasteiger partial charge in [0.1, 0.15) is 0 Å². The number of hydrogen-bond acceptors (Lipinski definition) is 1. The molecule has 1 aromatic rings. The summed E-state index contributed by atoms with van der Waals surface area (Å²) >= 11 is 2.33. The van der Waals surface area contributed by atoms with Crippen LogP contribution >= 0.6 is 0 Å². The number of benzene rings is 1. The van der Waals surface area contributed by atoms with E-state index >= 15 is 0 Å². The van der Waals surface area contributed by atoms with Crippen molar-refractivity contribution in [3.8, 4) is 0 Å². The molecule has 0 N–H and O–H groups in total. The normalized spacial score (nSPS) is 12.5. The number of rotatable bonds is 2. The van der Waals surface area contributed by atoms with Crippen molar-refractivity contribution in [2.75, 3.05) is 0 Å². The molecule has 52 valence electrons. The van der Waals surface area contributed by atoms with E-state index in [1.807, 2.05) is 30.3 Å². The summed E-state index contributed by atoms with van der Waals surface area (Å²) in [6.07, 6.45) is 0.926. The third-order valence-electron chi connectivity index (χ3n) is 1.27. The summed E-state index contributed by atoms with van der Waals surface area (Å²) in [5.41, 5.74) is 1.05. The van der Waals surface area contributed by atoms with Crippen LogP contribution in [-0.4, -0.2) is 22.3 Å². The molecule has 1 aromatic carbocycles. The van der Waals surface area contributed by atoms with Crippen LogP contribution in [0, 0.1) is 0 Å². The van der Waals surface area contributed by atoms with Gasteiger partial charge in [0.15, 0.2) is 0 Å². The van der Waals surface area contributed by atoms with Gasteiger partial charge in [0.05, 0.1) is 0 Å². The molecule has 1 atom stereocenters. The van der Waals surface area contributed by atoms with E-state index in [-0.39, 0.29) is 4.82 Å². The zero-order valence-corrected chi connectivity index (χ0v) is 7.27. The topological polar surface area (TPSA) is 17.1 Å². The number of carbonyl (C=O) groups excluding carboxylic acids is 1. The van der Waals surface area contributed by atoms with Gasteiger partial charge in [0.2, 0.25) is 0 Å². The van der Waals surface area contributed by atoms with Gasteiger partial charge < -0.3 is 0 Å². The first kappa shape index (κ1) is 7.52. The third-order valence-corrected chi connectivity index (χ3v) is 2.15. The van der Waals surface area contributed by atoms with Gasteiger partial charge in [-0.05, 0) is 0 Å². The quantitative estimate of drug-likeness (QED) is 0.509. The van der Waals surface area contributed by atoms with Gasteiger partial charge in [-0.1, -0.05) is 0 Å². The Bertz CT molecular complexity index is 208. The summed E-state index contributed by atoms with van der Waals surface area (Å²) < 4.78 is 0. The first-order valence-electron chi connectivity index (χ1n) is 3.03. The van der Waals surface area contributed by atoms with Crippen LogP contribution in [0.4, 0.5) is 0 Å². The zero-order chi connectivity index (χ0) is 7.40. The van der Waals surface area contributed by atoms with Crippen molar-refractivity contribution in [2.24, 2.45) is 0 Å². The molecule has 0 aliphatic carbocycles. The second-order valence-corrected chi connectivity index (χ2v) is 3.16. The molecular formula is C8H8OSe. The van der Waals surface area contributed by atoms with Crippen LogP contribution < -0.4 is 0 Å². The van der Waals surface area contributed by atoms with E-state index in [2.05, 4.69) is 16.0 Å². The molecule has 10 heavy (non-hydrogen) atoms. The summed E-state index contributed by atoms with van der Waals surface area (Å²) in [6.45, 7) is 0. The summed E-state index contributed by atoms with van der Waals surface area (Å²) in [5.74, 6) is 0. The summed E-state index contributed by atoms with van der Waals surface area (Å²) in [6, 6.07) is 9.68. The number of aldehydes is 1. The fourth-order valence-corrected chi connectivity index (χ4v) is 1.09. The fourth-order valence-electron chi connectivity index (χ4n) is 0.729. The van der Waals surface area contributed by atoms with Crippen LogP contribution in [0.25, 0.3) is 0 Å². The predicted octanol–water partition coefficient (Wildman–Crippen LogP) is 0.827. The summed E-state index contributed by atoms with van der Waals surface area (Å²) in [7, 11) is 0. The molecule has 0 aromatic heterocycles. The second-order valence-electron chi connectivity index (χ2n) is 1.99. The SMILES string of the molecule is O=CC([SeH])c1ccccc1. The Morgan fingerprint density at radius 3 is 2.40 bits per heavy atom. The molecule has 0 spiro atoms. The number of carbonyl (C=O) groups is 1. The van der Waals surface area contributed by atoms with E-state index in [0.29, 0.717) is 0 Å². The van der Waals surface area contributed by atoms with Crippen molar-refractivity contribution in [2.45, 2.75) is 4.82 Å². The Hall–Kier alpha value is -0.591. The molecule has 1 rings (SSSR count). The van der Waals surface area contributed by atoms with E-state index in [9.17, 15) is 4.79 Å². The Kier molecular flexibility index (Phi) is 2.67. The number of hydrogen-bond donors (Lipinski definition) is 0. The molecule has 2 heteroatoms. The molecule has 0 aliphatic heterocycles. The minimum atomic E-state index is -0.0336. The van der Waals surface area contributed by atoms with Gasteiger partial charge in [0, 0.05) is 0 Å². The van der Waals surface area contributed by atoms with Crippen LogP contribution in [-0.2, 0) is 4.79 Å². The molecule has 1 unspecified atom stereocenters. The molecule has 0 aliphatic rings. The third kappa shape index (κ3) is 1.69. The van der Waals surface area contributed by atoms with Crippen LogP contribution in [0.2, 0.25) is 0 Å². The Morgan fingerprint density at radius 1 is 1.30 bits per heavy atom. The van der Waals surface area contributed by atoms with Crippen LogP contribution in [0.15, 0.2) is 30.3 Å². The van der Waals surface area contributed by atoms with Gasteiger partial charge in [-0.3, -0.25) is 0 Å². The van der Waals surface area contributed by atoms with Crippen LogP contribution in [0.1, 0.15) is 10.4 Å². The Balaban J connectivity index is 2.84. The van der Waals surface area contributed by atoms with Gasteiger partial charge in [0.25, 0.3) is 0 Å². The zero-order valence-electron chi connectivity index (χ0n) is 5.40. The first-order valence-corrected chi connectivity index (χ1v) is 4.11. The van der Waals surface area contributed by atoms with Crippen molar-refractivity contribution in [1.82, 2.24) is 0 Å². The first-order chi connectivity index (χ1) is 4.84. The molecule has 0 radical (unpaired) electrons. The molecule has 0 saturated carbocycles. The monoisotopic (exact) mass is 200 g/mol. The fraction of sp³-hybridized carbons (Fsp3) is 0.125. The maximum absolute atomic E-state index is 10.3. The van der Waals surface area contributed by atoms with Crippen molar-refractivity contribution in [3.63, 3.8) is 0 Å². The Morgan fingerprint density at radius 2 is 1.90 bits per heavy atom. The molecule has 0 bridgehead atoms. The van der Waals surface area contributed by atoms with Gasteiger partial charge in [-0.25, -0.2) is 0 Å². The van der Waals surface area contributed by atoms with Crippen molar-refractivity contribution >= 4 is 22.3 Å². The average Bonchev–Trinajstić information content (AvgIpc) is 2.05. The average molecular weight is 199 g/mol. The summed E-state index contributed by atoms with van der Waals surface area (Å²) in [4.78, 5) is 10.3. The van der Waals surface area contributed by atoms with E-state index in [0.717, 1.165) is 11.8 Å². The van der Waals surface area contributed by atoms with Gasteiger partial charge in [-0.15, -0.1) is 0 Å². The molecular weight excluding hydrogens is 191 g/mol. The maximum atomic E-state index is 10.3. The molecule has 0 fully saturated rings. The van der Waals surface area contributed by atoms with Crippen molar-refractivity contribution in [3.05, 3.63) is 35.9 Å². The molecule has 0 heterocycles. The molecule has 0 saturated heterocycles. The van der Waals surface area contributed by atoms with Gasteiger partial charge in [-0.2, -0.15) is 0 Å². The predicted molar refractivity (Wildman–Crippen MR) is 42.4 cm³/mol. The van der Waals surface area contributed by atoms with E-state index in [4.69, 9.17) is 0 Å². The van der Waals surface area contributed by atoms with Gasteiger partial charge >= 0.3 is 67.8 Å². The standard InChI is InChI=1S/C8H8OSe/c9-6-8(10)7-4-2-1-3-5-7/h1-6,8,10H. The van der Waals surface area contributed by atoms with Crippen LogP contribution in [0.3, 0.4) is 0 Å². The molecule has 1 nitrogen and oxygen atoms in total. The second kappa shape index (κ2) is 3.55. The molecule has 0 amide bonds. The van der Waals surface area contributed by atoms with E-state index < -0.39 is 0 Å². The Labute approximate surface area is 68.3 Å². The van der Waals surface area contributed by atoms with E-state index in [1.165, 1.54) is 0 Å². The van der Waals surface area contributed by atoms with E-state index in [1.54, 1.807) is 0 Å².